The predicted molar refractivity (Wildman–Crippen MR) is 89.7 cm³/mol. The van der Waals surface area contributed by atoms with Gasteiger partial charge in [0.1, 0.15) is 12.2 Å². The van der Waals surface area contributed by atoms with E-state index >= 15 is 0 Å². The summed E-state index contributed by atoms with van der Waals surface area (Å²) < 4.78 is 12.1. The topological polar surface area (TPSA) is 50.7 Å². The summed E-state index contributed by atoms with van der Waals surface area (Å²) >= 11 is 0. The molecule has 0 radical (unpaired) electrons. The molecule has 5 rings (SSSR count). The van der Waals surface area contributed by atoms with E-state index in [-0.39, 0.29) is 23.9 Å². The van der Waals surface area contributed by atoms with E-state index in [1.165, 1.54) is 11.1 Å². The van der Waals surface area contributed by atoms with Crippen LogP contribution in [0, 0.1) is 5.92 Å². The number of aliphatic hydroxyl groups is 1. The van der Waals surface area contributed by atoms with Gasteiger partial charge in [0.05, 0.1) is 6.61 Å². The Morgan fingerprint density at radius 2 is 2.26 bits per heavy atom. The second-order valence-corrected chi connectivity index (χ2v) is 6.85. The number of ether oxygens (including phenoxy) is 2. The second-order valence-electron chi connectivity index (χ2n) is 6.85. The fourth-order valence-electron chi connectivity index (χ4n) is 5.24. The summed E-state index contributed by atoms with van der Waals surface area (Å²) in [5, 5.41) is 14.2. The van der Waals surface area contributed by atoms with Crippen LogP contribution >= 0.6 is 12.4 Å². The Morgan fingerprint density at radius 3 is 3.09 bits per heavy atom. The van der Waals surface area contributed by atoms with Gasteiger partial charge in [0.15, 0.2) is 11.5 Å². The lowest BCUT2D eigenvalue weighted by atomic mass is 9.54. The number of rotatable bonds is 2. The predicted octanol–water partition coefficient (Wildman–Crippen LogP) is 1.97. The summed E-state index contributed by atoms with van der Waals surface area (Å²) in [4.78, 5) is 0. The van der Waals surface area contributed by atoms with Gasteiger partial charge in [-0.3, -0.25) is 0 Å². The number of piperidine rings is 1. The third-order valence-corrected chi connectivity index (χ3v) is 5.96. The van der Waals surface area contributed by atoms with E-state index in [9.17, 15) is 5.11 Å². The van der Waals surface area contributed by atoms with Gasteiger partial charge in [-0.15, -0.1) is 12.4 Å². The van der Waals surface area contributed by atoms with E-state index in [0.29, 0.717) is 18.6 Å². The number of halogens is 1. The summed E-state index contributed by atoms with van der Waals surface area (Å²) in [6.45, 7) is 3.60. The Morgan fingerprint density at radius 1 is 1.39 bits per heavy atom. The SMILES string of the molecule is CCOc1ccc2c3c1O[C@H]1[C@@H](O)C=C[C@H]4[C@@H](C2)NCC[C@@]341.Cl. The Bertz CT molecular complexity index is 676. The molecule has 0 unspecified atom stereocenters. The van der Waals surface area contributed by atoms with Gasteiger partial charge in [-0.25, -0.2) is 0 Å². The number of benzene rings is 1. The van der Waals surface area contributed by atoms with Crippen molar-refractivity contribution < 1.29 is 14.6 Å². The number of nitrogens with one attached hydrogen (secondary N) is 1. The molecule has 1 spiro atoms. The Labute approximate surface area is 142 Å². The lowest BCUT2D eigenvalue weighted by molar-refractivity contribution is -0.0178. The smallest absolute Gasteiger partial charge is 0.165 e. The maximum absolute atomic E-state index is 10.5. The Hall–Kier alpha value is -1.23. The first-order valence-corrected chi connectivity index (χ1v) is 8.31. The maximum atomic E-state index is 10.5. The quantitative estimate of drug-likeness (QED) is 0.811. The van der Waals surface area contributed by atoms with Crippen LogP contribution in [-0.4, -0.2) is 36.5 Å². The van der Waals surface area contributed by atoms with Gasteiger partial charge in [0.2, 0.25) is 0 Å². The zero-order chi connectivity index (χ0) is 14.9. The molecule has 2 heterocycles. The molecular weight excluding hydrogens is 314 g/mol. The van der Waals surface area contributed by atoms with Gasteiger partial charge < -0.3 is 19.9 Å². The first-order valence-electron chi connectivity index (χ1n) is 8.31. The molecule has 124 valence electrons. The third-order valence-electron chi connectivity index (χ3n) is 5.96. The molecule has 1 aromatic carbocycles. The van der Waals surface area contributed by atoms with Crippen molar-refractivity contribution in [2.24, 2.45) is 5.92 Å². The zero-order valence-electron chi connectivity index (χ0n) is 13.1. The summed E-state index contributed by atoms with van der Waals surface area (Å²) in [5.41, 5.74) is 2.59. The molecule has 4 nitrogen and oxygen atoms in total. The Kier molecular flexibility index (Phi) is 3.42. The average Bonchev–Trinajstić information content (AvgIpc) is 2.85. The second kappa shape index (κ2) is 5.13. The largest absolute Gasteiger partial charge is 0.490 e. The molecule has 2 N–H and O–H groups in total. The molecular formula is C18H22ClNO3. The normalized spacial score (nSPS) is 38.3. The first-order chi connectivity index (χ1) is 10.8. The van der Waals surface area contributed by atoms with Crippen LogP contribution in [-0.2, 0) is 11.8 Å². The lowest BCUT2D eigenvalue weighted by Crippen LogP contribution is -2.64. The highest BCUT2D eigenvalue weighted by molar-refractivity contribution is 5.85. The van der Waals surface area contributed by atoms with E-state index in [1.54, 1.807) is 0 Å². The minimum atomic E-state index is -0.539. The van der Waals surface area contributed by atoms with E-state index in [1.807, 2.05) is 19.1 Å². The van der Waals surface area contributed by atoms with Crippen molar-refractivity contribution in [1.29, 1.82) is 0 Å². The molecule has 1 aromatic rings. The molecule has 5 atom stereocenters. The van der Waals surface area contributed by atoms with Crippen LogP contribution in [0.2, 0.25) is 0 Å². The van der Waals surface area contributed by atoms with E-state index in [2.05, 4.69) is 17.5 Å². The van der Waals surface area contributed by atoms with Gasteiger partial charge in [0, 0.05) is 22.9 Å². The third kappa shape index (κ3) is 1.74. The lowest BCUT2D eigenvalue weighted by Gasteiger charge is -2.53. The van der Waals surface area contributed by atoms with Gasteiger partial charge >= 0.3 is 0 Å². The van der Waals surface area contributed by atoms with Gasteiger partial charge in [-0.2, -0.15) is 0 Å². The molecule has 23 heavy (non-hydrogen) atoms. The zero-order valence-corrected chi connectivity index (χ0v) is 13.9. The van der Waals surface area contributed by atoms with Crippen molar-refractivity contribution in [3.05, 3.63) is 35.4 Å². The van der Waals surface area contributed by atoms with Crippen LogP contribution in [0.3, 0.4) is 0 Å². The van der Waals surface area contributed by atoms with Crippen molar-refractivity contribution in [1.82, 2.24) is 5.32 Å². The molecule has 0 saturated carbocycles. The van der Waals surface area contributed by atoms with Crippen LogP contribution in [0.4, 0.5) is 0 Å². The highest BCUT2D eigenvalue weighted by Gasteiger charge is 2.63. The molecule has 0 aromatic heterocycles. The van der Waals surface area contributed by atoms with Crippen LogP contribution in [0.1, 0.15) is 24.5 Å². The highest BCUT2D eigenvalue weighted by atomic mass is 35.5. The molecule has 4 aliphatic rings. The molecule has 1 saturated heterocycles. The molecule has 2 aliphatic heterocycles. The van der Waals surface area contributed by atoms with Gasteiger partial charge in [-0.1, -0.05) is 18.2 Å². The molecule has 2 aliphatic carbocycles. The molecule has 5 heteroatoms. The average molecular weight is 336 g/mol. The number of hydrogen-bond acceptors (Lipinski definition) is 4. The van der Waals surface area contributed by atoms with Gasteiger partial charge in [0.25, 0.3) is 0 Å². The number of hydrogen-bond donors (Lipinski definition) is 2. The summed E-state index contributed by atoms with van der Waals surface area (Å²) in [5.74, 6) is 2.12. The van der Waals surface area contributed by atoms with Crippen molar-refractivity contribution in [2.75, 3.05) is 13.2 Å². The van der Waals surface area contributed by atoms with E-state index in [4.69, 9.17) is 9.47 Å². The Balaban J connectivity index is 0.00000135. The molecule has 1 fully saturated rings. The highest BCUT2D eigenvalue weighted by Crippen LogP contribution is 2.61. The maximum Gasteiger partial charge on any atom is 0.165 e. The fraction of sp³-hybridized carbons (Fsp3) is 0.556. The van der Waals surface area contributed by atoms with Crippen molar-refractivity contribution in [3.63, 3.8) is 0 Å². The monoisotopic (exact) mass is 335 g/mol. The van der Waals surface area contributed by atoms with Crippen LogP contribution in [0.25, 0.3) is 0 Å². The van der Waals surface area contributed by atoms with Crippen molar-refractivity contribution >= 4 is 12.4 Å². The van der Waals surface area contributed by atoms with E-state index in [0.717, 1.165) is 30.9 Å². The minimum absolute atomic E-state index is 0. The standard InChI is InChI=1S/C18H21NO3.ClH/c1-2-21-14-6-3-10-9-12-11-4-5-13(20)17-18(11,7-8-19-12)15(10)16(14)22-17;/h3-6,11-13,17,19-20H,2,7-9H2,1H3;1H/t11-,12+,13-,17-,18-;/m0./s1. The number of aliphatic hydroxyl groups excluding tert-OH is 1. The van der Waals surface area contributed by atoms with Crippen molar-refractivity contribution in [2.45, 2.75) is 43.4 Å². The van der Waals surface area contributed by atoms with Crippen molar-refractivity contribution in [3.8, 4) is 11.5 Å². The van der Waals surface area contributed by atoms with Crippen LogP contribution < -0.4 is 14.8 Å². The van der Waals surface area contributed by atoms with Gasteiger partial charge in [-0.05, 0) is 37.9 Å². The van der Waals surface area contributed by atoms with E-state index < -0.39 is 6.10 Å². The minimum Gasteiger partial charge on any atom is -0.490 e. The van der Waals surface area contributed by atoms with Crippen LogP contribution in [0.5, 0.6) is 11.5 Å². The summed E-state index contributed by atoms with van der Waals surface area (Å²) in [7, 11) is 0. The summed E-state index contributed by atoms with van der Waals surface area (Å²) in [6, 6.07) is 4.67. The fourth-order valence-corrected chi connectivity index (χ4v) is 5.24. The molecule has 2 bridgehead atoms. The first kappa shape index (κ1) is 15.3. The van der Waals surface area contributed by atoms with Crippen LogP contribution in [0.15, 0.2) is 24.3 Å². The molecule has 0 amide bonds. The summed E-state index contributed by atoms with van der Waals surface area (Å²) in [6.07, 6.45) is 5.45.